The minimum atomic E-state index is -1.13. The van der Waals surface area contributed by atoms with Gasteiger partial charge in [0.05, 0.1) is 28.8 Å². The average molecular weight is 416 g/mol. The fraction of sp³-hybridized carbons (Fsp3) is 0.250. The Morgan fingerprint density at radius 1 is 0.968 bits per heavy atom. The average Bonchev–Trinajstić information content (AvgIpc) is 3.42. The maximum Gasteiger partial charge on any atom is 0.337 e. The summed E-state index contributed by atoms with van der Waals surface area (Å²) in [6.07, 6.45) is 4.96. The summed E-state index contributed by atoms with van der Waals surface area (Å²) in [4.78, 5) is 51.1. The molecule has 0 spiro atoms. The number of carbonyl (C=O) groups is 4. The van der Waals surface area contributed by atoms with Crippen molar-refractivity contribution in [1.82, 2.24) is 0 Å². The van der Waals surface area contributed by atoms with Crippen molar-refractivity contribution in [2.24, 2.45) is 23.7 Å². The van der Waals surface area contributed by atoms with E-state index in [1.165, 1.54) is 23.1 Å². The third-order valence-electron chi connectivity index (χ3n) is 6.51. The molecule has 1 aliphatic heterocycles. The van der Waals surface area contributed by atoms with E-state index in [4.69, 9.17) is 0 Å². The van der Waals surface area contributed by atoms with Gasteiger partial charge in [-0.2, -0.15) is 0 Å². The van der Waals surface area contributed by atoms with Gasteiger partial charge in [0.15, 0.2) is 0 Å². The van der Waals surface area contributed by atoms with Crippen LogP contribution in [0.2, 0.25) is 0 Å². The zero-order valence-electron chi connectivity index (χ0n) is 16.7. The molecule has 7 heteroatoms. The molecule has 2 N–H and O–H groups in total. The van der Waals surface area contributed by atoms with Crippen LogP contribution in [0.3, 0.4) is 0 Å². The lowest BCUT2D eigenvalue weighted by Crippen LogP contribution is -2.32. The van der Waals surface area contributed by atoms with Crippen LogP contribution in [-0.4, -0.2) is 28.8 Å². The minimum absolute atomic E-state index is 0.00129. The van der Waals surface area contributed by atoms with Crippen molar-refractivity contribution >= 4 is 35.1 Å². The third-order valence-corrected chi connectivity index (χ3v) is 6.51. The number of amides is 3. The number of carboxylic acids is 1. The Morgan fingerprint density at radius 2 is 1.58 bits per heavy atom. The van der Waals surface area contributed by atoms with Crippen LogP contribution >= 0.6 is 0 Å². The van der Waals surface area contributed by atoms with Crippen LogP contribution in [0.15, 0.2) is 54.6 Å². The second kappa shape index (κ2) is 6.91. The van der Waals surface area contributed by atoms with E-state index >= 15 is 0 Å². The lowest BCUT2D eigenvalue weighted by molar-refractivity contribution is -0.123. The van der Waals surface area contributed by atoms with Crippen LogP contribution in [0.5, 0.6) is 0 Å². The Balaban J connectivity index is 1.36. The largest absolute Gasteiger partial charge is 0.478 e. The topological polar surface area (TPSA) is 104 Å². The van der Waals surface area contributed by atoms with E-state index in [-0.39, 0.29) is 46.7 Å². The summed E-state index contributed by atoms with van der Waals surface area (Å²) in [5, 5.41) is 12.0. The van der Waals surface area contributed by atoms with Gasteiger partial charge >= 0.3 is 5.97 Å². The van der Waals surface area contributed by atoms with Crippen molar-refractivity contribution in [3.8, 4) is 0 Å². The molecule has 2 bridgehead atoms. The van der Waals surface area contributed by atoms with Crippen molar-refractivity contribution in [2.45, 2.75) is 13.3 Å². The van der Waals surface area contributed by atoms with Crippen molar-refractivity contribution in [1.29, 1.82) is 0 Å². The fourth-order valence-electron chi connectivity index (χ4n) is 5.06. The first kappa shape index (κ1) is 19.2. The number of allylic oxidation sites excluding steroid dienone is 2. The number of aryl methyl sites for hydroxylation is 1. The first-order chi connectivity index (χ1) is 14.8. The number of nitrogens with zero attached hydrogens (tertiary/aromatic N) is 1. The summed E-state index contributed by atoms with van der Waals surface area (Å²) < 4.78 is 0. The molecule has 2 aliphatic carbocycles. The summed E-state index contributed by atoms with van der Waals surface area (Å²) in [5.74, 6) is -2.23. The number of imide groups is 1. The molecular weight excluding hydrogens is 396 g/mol. The van der Waals surface area contributed by atoms with Crippen molar-refractivity contribution in [3.05, 3.63) is 71.3 Å². The number of carboxylic acid groups (broad SMARTS) is 1. The Labute approximate surface area is 178 Å². The molecule has 4 atom stereocenters. The number of carbonyl (C=O) groups excluding carboxylic acids is 3. The number of hydrogen-bond acceptors (Lipinski definition) is 4. The van der Waals surface area contributed by atoms with Gasteiger partial charge < -0.3 is 10.4 Å². The van der Waals surface area contributed by atoms with Gasteiger partial charge in [0.1, 0.15) is 0 Å². The molecule has 2 aromatic carbocycles. The van der Waals surface area contributed by atoms with Crippen molar-refractivity contribution in [3.63, 3.8) is 0 Å². The Hall–Kier alpha value is -3.74. The number of hydrogen-bond donors (Lipinski definition) is 2. The first-order valence-corrected chi connectivity index (χ1v) is 10.2. The molecule has 2 fully saturated rings. The molecule has 5 rings (SSSR count). The predicted molar refractivity (Wildman–Crippen MR) is 113 cm³/mol. The third kappa shape index (κ3) is 2.96. The number of fused-ring (bicyclic) bond motifs is 5. The number of rotatable bonds is 4. The van der Waals surface area contributed by atoms with E-state index in [9.17, 15) is 24.3 Å². The molecule has 1 heterocycles. The van der Waals surface area contributed by atoms with E-state index in [0.717, 1.165) is 12.0 Å². The number of aromatic carboxylic acids is 1. The SMILES string of the molecule is Cc1ccc(C(=O)O)c(NC(=O)c2ccc(N3C(=O)[C@H]4[C@H](C3=O)[C@H]3C=C[C@H]4C3)cc2)c1. The summed E-state index contributed by atoms with van der Waals surface area (Å²) in [5.41, 5.74) is 1.77. The molecule has 2 aromatic rings. The second-order valence-electron chi connectivity index (χ2n) is 8.37. The van der Waals surface area contributed by atoms with E-state index in [1.54, 1.807) is 31.2 Å². The molecule has 3 amide bonds. The quantitative estimate of drug-likeness (QED) is 0.588. The second-order valence-corrected chi connectivity index (χ2v) is 8.37. The van der Waals surface area contributed by atoms with Crippen LogP contribution in [0, 0.1) is 30.6 Å². The van der Waals surface area contributed by atoms with E-state index < -0.39 is 11.9 Å². The smallest absolute Gasteiger partial charge is 0.337 e. The highest BCUT2D eigenvalue weighted by Gasteiger charge is 2.59. The van der Waals surface area contributed by atoms with Crippen LogP contribution < -0.4 is 10.2 Å². The summed E-state index contributed by atoms with van der Waals surface area (Å²) in [6.45, 7) is 1.80. The maximum absolute atomic E-state index is 12.9. The minimum Gasteiger partial charge on any atom is -0.478 e. The monoisotopic (exact) mass is 416 g/mol. The van der Waals surface area contributed by atoms with Crippen LogP contribution in [0.1, 0.15) is 32.7 Å². The molecule has 0 aromatic heterocycles. The predicted octanol–water partition coefficient (Wildman–Crippen LogP) is 3.26. The molecule has 156 valence electrons. The molecule has 1 saturated carbocycles. The Bertz CT molecular complexity index is 1140. The fourth-order valence-corrected chi connectivity index (χ4v) is 5.06. The number of benzene rings is 2. The van der Waals surface area contributed by atoms with Gasteiger partial charge in [0, 0.05) is 5.56 Å². The highest BCUT2D eigenvalue weighted by molar-refractivity contribution is 6.23. The van der Waals surface area contributed by atoms with E-state index in [2.05, 4.69) is 5.32 Å². The van der Waals surface area contributed by atoms with Crippen LogP contribution in [0.25, 0.3) is 0 Å². The van der Waals surface area contributed by atoms with Gasteiger partial charge in [-0.1, -0.05) is 18.2 Å². The standard InChI is InChI=1S/C24H20N2O5/c1-12-2-9-17(24(30)31)18(10-12)25-21(27)13-5-7-16(8-6-13)26-22(28)19-14-3-4-15(11-14)20(19)23(26)29/h2-10,14-15,19-20H,11H2,1H3,(H,25,27)(H,30,31)/t14-,15-,19+,20+/m0/s1. The van der Waals surface area contributed by atoms with Gasteiger partial charge in [0.25, 0.3) is 5.91 Å². The Morgan fingerprint density at radius 3 is 2.16 bits per heavy atom. The highest BCUT2D eigenvalue weighted by Crippen LogP contribution is 2.53. The van der Waals surface area contributed by atoms with Crippen LogP contribution in [-0.2, 0) is 9.59 Å². The van der Waals surface area contributed by atoms with Gasteiger partial charge in [-0.05, 0) is 67.1 Å². The van der Waals surface area contributed by atoms with Gasteiger partial charge in [-0.15, -0.1) is 0 Å². The normalized spacial score (nSPS) is 25.8. The van der Waals surface area contributed by atoms with Crippen molar-refractivity contribution in [2.75, 3.05) is 10.2 Å². The summed E-state index contributed by atoms with van der Waals surface area (Å²) in [6, 6.07) is 10.9. The first-order valence-electron chi connectivity index (χ1n) is 10.2. The molecule has 7 nitrogen and oxygen atoms in total. The molecule has 1 saturated heterocycles. The molecule has 31 heavy (non-hydrogen) atoms. The Kier molecular flexibility index (Phi) is 4.28. The summed E-state index contributed by atoms with van der Waals surface area (Å²) >= 11 is 0. The molecule has 0 radical (unpaired) electrons. The van der Waals surface area contributed by atoms with Gasteiger partial charge in [-0.25, -0.2) is 4.79 Å². The summed E-state index contributed by atoms with van der Waals surface area (Å²) in [7, 11) is 0. The van der Waals surface area contributed by atoms with Crippen LogP contribution in [0.4, 0.5) is 11.4 Å². The van der Waals surface area contributed by atoms with E-state index in [0.29, 0.717) is 11.3 Å². The molecule has 0 unspecified atom stereocenters. The van der Waals surface area contributed by atoms with Gasteiger partial charge in [0.2, 0.25) is 11.8 Å². The number of nitrogens with one attached hydrogen (secondary N) is 1. The highest BCUT2D eigenvalue weighted by atomic mass is 16.4. The van der Waals surface area contributed by atoms with Crippen molar-refractivity contribution < 1.29 is 24.3 Å². The lowest BCUT2D eigenvalue weighted by atomic mass is 9.85. The zero-order chi connectivity index (χ0) is 21.9. The molecular formula is C24H20N2O5. The lowest BCUT2D eigenvalue weighted by Gasteiger charge is -2.17. The molecule has 3 aliphatic rings. The maximum atomic E-state index is 12.9. The van der Waals surface area contributed by atoms with E-state index in [1.807, 2.05) is 12.2 Å². The zero-order valence-corrected chi connectivity index (χ0v) is 16.7. The van der Waals surface area contributed by atoms with Gasteiger partial charge in [-0.3, -0.25) is 19.3 Å². The number of anilines is 2.